The number of fused-ring (bicyclic) bond motifs is 1. The zero-order valence-electron chi connectivity index (χ0n) is 14.3. The molecular formula is C19H19N3O3S. The van der Waals surface area contributed by atoms with Crippen molar-refractivity contribution in [2.75, 3.05) is 7.11 Å². The largest absolute Gasteiger partial charge is 0.481 e. The Bertz CT molecular complexity index is 919. The van der Waals surface area contributed by atoms with Crippen LogP contribution in [0.15, 0.2) is 42.0 Å². The van der Waals surface area contributed by atoms with E-state index in [2.05, 4.69) is 15.3 Å². The van der Waals surface area contributed by atoms with Gasteiger partial charge in [0.15, 0.2) is 0 Å². The fourth-order valence-corrected chi connectivity index (χ4v) is 4.01. The molecule has 3 aromatic rings. The van der Waals surface area contributed by atoms with E-state index in [1.54, 1.807) is 30.9 Å². The molecule has 1 aliphatic carbocycles. The van der Waals surface area contributed by atoms with E-state index in [4.69, 9.17) is 4.74 Å². The van der Waals surface area contributed by atoms with E-state index in [9.17, 15) is 9.90 Å². The molecule has 134 valence electrons. The number of carbonyl (C=O) groups is 1. The number of aliphatic hydroxyl groups is 1. The van der Waals surface area contributed by atoms with Crippen LogP contribution in [0.1, 0.15) is 34.8 Å². The van der Waals surface area contributed by atoms with Crippen molar-refractivity contribution >= 4 is 27.5 Å². The maximum Gasteiger partial charge on any atom is 0.251 e. The van der Waals surface area contributed by atoms with Crippen LogP contribution in [0.4, 0.5) is 0 Å². The third kappa shape index (κ3) is 3.27. The molecule has 6 nitrogen and oxygen atoms in total. The molecule has 4 rings (SSSR count). The normalized spacial score (nSPS) is 20.4. The van der Waals surface area contributed by atoms with Gasteiger partial charge in [0.2, 0.25) is 5.88 Å². The second-order valence-electron chi connectivity index (χ2n) is 6.51. The zero-order valence-corrected chi connectivity index (χ0v) is 15.1. The minimum absolute atomic E-state index is 0.137. The molecule has 26 heavy (non-hydrogen) atoms. The standard InChI is InChI=1S/C19H19N3O3S/c1-25-17-5-3-12(9-20-17)18(13-6-14(23)7-13)22-19(24)11-2-4-15-16(8-11)26-10-21-15/h2-5,8-10,13-14,18,23H,6-7H2,1H3,(H,22,24). The average Bonchev–Trinajstić information content (AvgIpc) is 3.11. The summed E-state index contributed by atoms with van der Waals surface area (Å²) in [5, 5.41) is 12.8. The molecule has 1 amide bonds. The number of benzene rings is 1. The van der Waals surface area contributed by atoms with Crippen LogP contribution >= 0.6 is 11.3 Å². The molecule has 0 saturated heterocycles. The summed E-state index contributed by atoms with van der Waals surface area (Å²) in [6, 6.07) is 9.01. The van der Waals surface area contributed by atoms with E-state index >= 15 is 0 Å². The summed E-state index contributed by atoms with van der Waals surface area (Å²) in [5.74, 6) is 0.585. The van der Waals surface area contributed by atoms with Crippen molar-refractivity contribution in [3.05, 3.63) is 53.2 Å². The molecule has 2 heterocycles. The van der Waals surface area contributed by atoms with Gasteiger partial charge in [-0.2, -0.15) is 0 Å². The average molecular weight is 369 g/mol. The van der Waals surface area contributed by atoms with Crippen LogP contribution in [0.3, 0.4) is 0 Å². The van der Waals surface area contributed by atoms with Gasteiger partial charge in [-0.25, -0.2) is 9.97 Å². The molecule has 1 unspecified atom stereocenters. The Labute approximate surface area is 154 Å². The lowest BCUT2D eigenvalue weighted by Crippen LogP contribution is -2.41. The summed E-state index contributed by atoms with van der Waals surface area (Å²) in [5.41, 5.74) is 4.18. The molecule has 1 aliphatic rings. The van der Waals surface area contributed by atoms with Gasteiger partial charge in [0.05, 0.1) is 35.0 Å². The summed E-state index contributed by atoms with van der Waals surface area (Å²) in [6.45, 7) is 0. The number of hydrogen-bond acceptors (Lipinski definition) is 6. The second kappa shape index (κ2) is 7.01. The quantitative estimate of drug-likeness (QED) is 0.722. The van der Waals surface area contributed by atoms with Crippen molar-refractivity contribution in [1.82, 2.24) is 15.3 Å². The first kappa shape index (κ1) is 16.9. The maximum atomic E-state index is 12.8. The van der Waals surface area contributed by atoms with Crippen LogP contribution < -0.4 is 10.1 Å². The summed E-state index contributed by atoms with van der Waals surface area (Å²) >= 11 is 1.51. The smallest absolute Gasteiger partial charge is 0.251 e. The molecule has 1 saturated carbocycles. The Balaban J connectivity index is 1.57. The van der Waals surface area contributed by atoms with E-state index < -0.39 is 0 Å². The lowest BCUT2D eigenvalue weighted by atomic mass is 9.75. The van der Waals surface area contributed by atoms with Crippen molar-refractivity contribution in [3.63, 3.8) is 0 Å². The van der Waals surface area contributed by atoms with Crippen molar-refractivity contribution in [2.24, 2.45) is 5.92 Å². The predicted octanol–water partition coefficient (Wildman–Crippen LogP) is 2.94. The Morgan fingerprint density at radius 2 is 2.15 bits per heavy atom. The molecule has 2 aromatic heterocycles. The monoisotopic (exact) mass is 369 g/mol. The molecular weight excluding hydrogens is 350 g/mol. The second-order valence-corrected chi connectivity index (χ2v) is 7.39. The zero-order chi connectivity index (χ0) is 18.1. The number of methoxy groups -OCH3 is 1. The van der Waals surface area contributed by atoms with E-state index in [0.29, 0.717) is 24.3 Å². The number of pyridine rings is 1. The van der Waals surface area contributed by atoms with Gasteiger partial charge in [-0.15, -0.1) is 11.3 Å². The van der Waals surface area contributed by atoms with Gasteiger partial charge in [0, 0.05) is 17.8 Å². The molecule has 0 aliphatic heterocycles. The number of aliphatic hydroxyl groups excluding tert-OH is 1. The summed E-state index contributed by atoms with van der Waals surface area (Å²) in [6.07, 6.45) is 2.77. The molecule has 1 fully saturated rings. The predicted molar refractivity (Wildman–Crippen MR) is 99.3 cm³/mol. The topological polar surface area (TPSA) is 84.3 Å². The number of aromatic nitrogens is 2. The van der Waals surface area contributed by atoms with E-state index in [1.165, 1.54) is 11.3 Å². The Morgan fingerprint density at radius 1 is 1.31 bits per heavy atom. The minimum atomic E-state index is -0.292. The minimum Gasteiger partial charge on any atom is -0.481 e. The first-order valence-corrected chi connectivity index (χ1v) is 9.34. The number of amides is 1. The highest BCUT2D eigenvalue weighted by atomic mass is 32.1. The summed E-state index contributed by atoms with van der Waals surface area (Å²) in [7, 11) is 1.57. The number of carbonyl (C=O) groups excluding carboxylic acids is 1. The fourth-order valence-electron chi connectivity index (χ4n) is 3.29. The van der Waals surface area contributed by atoms with Crippen molar-refractivity contribution in [2.45, 2.75) is 25.0 Å². The maximum absolute atomic E-state index is 12.8. The fraction of sp³-hybridized carbons (Fsp3) is 0.316. The van der Waals surface area contributed by atoms with Crippen LogP contribution in [-0.4, -0.2) is 34.2 Å². The molecule has 7 heteroatoms. The van der Waals surface area contributed by atoms with Gasteiger partial charge in [-0.05, 0) is 42.5 Å². The molecule has 0 radical (unpaired) electrons. The third-order valence-electron chi connectivity index (χ3n) is 4.83. The number of hydrogen-bond donors (Lipinski definition) is 2. The van der Waals surface area contributed by atoms with Crippen LogP contribution in [0, 0.1) is 5.92 Å². The van der Waals surface area contributed by atoms with Gasteiger partial charge in [-0.1, -0.05) is 6.07 Å². The molecule has 1 atom stereocenters. The number of nitrogens with one attached hydrogen (secondary N) is 1. The molecule has 0 bridgehead atoms. The number of rotatable bonds is 5. The van der Waals surface area contributed by atoms with Crippen molar-refractivity contribution in [3.8, 4) is 5.88 Å². The van der Waals surface area contributed by atoms with E-state index in [-0.39, 0.29) is 24.0 Å². The SMILES string of the molecule is COc1ccc(C(NC(=O)c2ccc3ncsc3c2)C2CC(O)C2)cn1. The Morgan fingerprint density at radius 3 is 2.85 bits per heavy atom. The van der Waals surface area contributed by atoms with E-state index in [0.717, 1.165) is 15.8 Å². The number of thiazole rings is 1. The van der Waals surface area contributed by atoms with Gasteiger partial charge in [0.25, 0.3) is 5.91 Å². The van der Waals surface area contributed by atoms with Crippen molar-refractivity contribution < 1.29 is 14.6 Å². The van der Waals surface area contributed by atoms with Gasteiger partial charge in [-0.3, -0.25) is 4.79 Å². The highest BCUT2D eigenvalue weighted by Gasteiger charge is 2.36. The van der Waals surface area contributed by atoms with E-state index in [1.807, 2.05) is 18.2 Å². The Kier molecular flexibility index (Phi) is 4.57. The highest BCUT2D eigenvalue weighted by Crippen LogP contribution is 2.38. The van der Waals surface area contributed by atoms with Crippen LogP contribution in [0.2, 0.25) is 0 Å². The summed E-state index contributed by atoms with van der Waals surface area (Å²) in [4.78, 5) is 21.3. The Hall–Kier alpha value is -2.51. The van der Waals surface area contributed by atoms with Crippen LogP contribution in [0.5, 0.6) is 5.88 Å². The molecule has 2 N–H and O–H groups in total. The molecule has 0 spiro atoms. The number of nitrogens with zero attached hydrogens (tertiary/aromatic N) is 2. The lowest BCUT2D eigenvalue weighted by Gasteiger charge is -2.38. The van der Waals surface area contributed by atoms with Crippen LogP contribution in [-0.2, 0) is 0 Å². The van der Waals surface area contributed by atoms with Gasteiger partial charge >= 0.3 is 0 Å². The first-order valence-electron chi connectivity index (χ1n) is 8.46. The number of ether oxygens (including phenoxy) is 1. The summed E-state index contributed by atoms with van der Waals surface area (Å²) < 4.78 is 6.09. The van der Waals surface area contributed by atoms with Crippen LogP contribution in [0.25, 0.3) is 10.2 Å². The van der Waals surface area contributed by atoms with Gasteiger partial charge < -0.3 is 15.2 Å². The lowest BCUT2D eigenvalue weighted by molar-refractivity contribution is 0.0234. The first-order chi connectivity index (χ1) is 12.6. The van der Waals surface area contributed by atoms with Gasteiger partial charge in [0.1, 0.15) is 0 Å². The molecule has 1 aromatic carbocycles. The third-order valence-corrected chi connectivity index (χ3v) is 5.62. The highest BCUT2D eigenvalue weighted by molar-refractivity contribution is 7.16. The van der Waals surface area contributed by atoms with Crippen molar-refractivity contribution in [1.29, 1.82) is 0 Å².